The highest BCUT2D eigenvalue weighted by Gasteiger charge is 2.34. The van der Waals surface area contributed by atoms with Crippen LogP contribution in [0.5, 0.6) is 5.75 Å². The van der Waals surface area contributed by atoms with Crippen molar-refractivity contribution in [3.8, 4) is 17.0 Å². The smallest absolute Gasteiger partial charge is 0.451 e. The fraction of sp³-hybridized carbons (Fsp3) is 0.412. The van der Waals surface area contributed by atoms with Crippen molar-refractivity contribution >= 4 is 5.91 Å². The summed E-state index contributed by atoms with van der Waals surface area (Å²) in [6, 6.07) is 0.955. The SMILES string of the molecule is COc1cnc(-c2cnc(C(F)(F)F)nc2)cc1CNC(=O)[C@@H]1C[C@@H](F)CN1. The summed E-state index contributed by atoms with van der Waals surface area (Å²) in [5, 5.41) is 5.47. The molecule has 0 aromatic carbocycles. The minimum Gasteiger partial charge on any atom is -0.495 e. The van der Waals surface area contributed by atoms with Gasteiger partial charge in [0.05, 0.1) is 25.0 Å². The highest BCUT2D eigenvalue weighted by Crippen LogP contribution is 2.28. The predicted molar refractivity (Wildman–Crippen MR) is 90.0 cm³/mol. The van der Waals surface area contributed by atoms with E-state index in [0.29, 0.717) is 17.0 Å². The first-order chi connectivity index (χ1) is 13.3. The molecular weight excluding hydrogens is 382 g/mol. The third-order valence-corrected chi connectivity index (χ3v) is 4.22. The summed E-state index contributed by atoms with van der Waals surface area (Å²) in [5.41, 5.74) is 1.15. The molecule has 3 rings (SSSR count). The number of methoxy groups -OCH3 is 1. The van der Waals surface area contributed by atoms with E-state index in [1.807, 2.05) is 0 Å². The molecular formula is C17H17F4N5O2. The lowest BCUT2D eigenvalue weighted by Crippen LogP contribution is -2.40. The number of ether oxygens (including phenoxy) is 1. The Bertz CT molecular complexity index is 844. The van der Waals surface area contributed by atoms with Crippen LogP contribution in [0.3, 0.4) is 0 Å². The normalized spacial score (nSPS) is 19.5. The first kappa shape index (κ1) is 19.9. The van der Waals surface area contributed by atoms with E-state index in [-0.39, 0.29) is 31.0 Å². The summed E-state index contributed by atoms with van der Waals surface area (Å²) in [6.45, 7) is 0.211. The molecule has 1 aliphatic heterocycles. The van der Waals surface area contributed by atoms with Gasteiger partial charge in [-0.25, -0.2) is 14.4 Å². The van der Waals surface area contributed by atoms with Gasteiger partial charge in [-0.3, -0.25) is 9.78 Å². The first-order valence-electron chi connectivity index (χ1n) is 8.35. The van der Waals surface area contributed by atoms with Crippen LogP contribution in [-0.4, -0.2) is 46.7 Å². The van der Waals surface area contributed by atoms with Crippen LogP contribution in [0.4, 0.5) is 17.6 Å². The Morgan fingerprint density at radius 1 is 1.29 bits per heavy atom. The van der Waals surface area contributed by atoms with E-state index in [2.05, 4.69) is 25.6 Å². The summed E-state index contributed by atoms with van der Waals surface area (Å²) in [6.07, 6.45) is -2.15. The molecule has 1 amide bonds. The Labute approximate surface area is 157 Å². The lowest BCUT2D eigenvalue weighted by molar-refractivity contribution is -0.145. The van der Waals surface area contributed by atoms with Gasteiger partial charge in [-0.05, 0) is 6.07 Å². The van der Waals surface area contributed by atoms with Crippen LogP contribution in [0.1, 0.15) is 17.8 Å². The van der Waals surface area contributed by atoms with E-state index in [9.17, 15) is 22.4 Å². The Hall–Kier alpha value is -2.82. The summed E-state index contributed by atoms with van der Waals surface area (Å²) in [5.74, 6) is -1.20. The van der Waals surface area contributed by atoms with E-state index < -0.39 is 24.2 Å². The van der Waals surface area contributed by atoms with Crippen molar-refractivity contribution in [3.05, 3.63) is 36.0 Å². The number of nitrogens with zero attached hydrogens (tertiary/aromatic N) is 3. The maximum Gasteiger partial charge on any atom is 0.451 e. The number of carbonyl (C=O) groups excluding carboxylic acids is 1. The molecule has 150 valence electrons. The average molecular weight is 399 g/mol. The van der Waals surface area contributed by atoms with Crippen molar-refractivity contribution in [2.24, 2.45) is 0 Å². The zero-order valence-corrected chi connectivity index (χ0v) is 14.8. The molecule has 0 bridgehead atoms. The van der Waals surface area contributed by atoms with Gasteiger partial charge in [0.2, 0.25) is 11.7 Å². The highest BCUT2D eigenvalue weighted by molar-refractivity contribution is 5.82. The van der Waals surface area contributed by atoms with Crippen molar-refractivity contribution in [1.82, 2.24) is 25.6 Å². The van der Waals surface area contributed by atoms with Gasteiger partial charge in [-0.1, -0.05) is 0 Å². The van der Waals surface area contributed by atoms with Gasteiger partial charge in [0, 0.05) is 43.0 Å². The molecule has 0 aliphatic carbocycles. The number of hydrogen-bond acceptors (Lipinski definition) is 6. The third-order valence-electron chi connectivity index (χ3n) is 4.22. The second-order valence-electron chi connectivity index (χ2n) is 6.19. The fourth-order valence-electron chi connectivity index (χ4n) is 2.77. The number of rotatable bonds is 5. The van der Waals surface area contributed by atoms with Gasteiger partial charge < -0.3 is 15.4 Å². The molecule has 2 aromatic heterocycles. The highest BCUT2D eigenvalue weighted by atomic mass is 19.4. The van der Waals surface area contributed by atoms with Crippen molar-refractivity contribution < 1.29 is 27.1 Å². The summed E-state index contributed by atoms with van der Waals surface area (Å²) in [4.78, 5) is 22.9. The van der Waals surface area contributed by atoms with Gasteiger partial charge >= 0.3 is 6.18 Å². The van der Waals surface area contributed by atoms with Crippen LogP contribution in [0.15, 0.2) is 24.7 Å². The maximum atomic E-state index is 13.2. The zero-order chi connectivity index (χ0) is 20.3. The molecule has 0 spiro atoms. The molecule has 0 unspecified atom stereocenters. The lowest BCUT2D eigenvalue weighted by atomic mass is 10.1. The molecule has 7 nitrogen and oxygen atoms in total. The second-order valence-corrected chi connectivity index (χ2v) is 6.19. The Morgan fingerprint density at radius 3 is 2.57 bits per heavy atom. The number of pyridine rings is 1. The largest absolute Gasteiger partial charge is 0.495 e. The van der Waals surface area contributed by atoms with Gasteiger partial charge in [-0.2, -0.15) is 13.2 Å². The number of alkyl halides is 4. The topological polar surface area (TPSA) is 89.0 Å². The van der Waals surface area contributed by atoms with Crippen molar-refractivity contribution in [1.29, 1.82) is 0 Å². The molecule has 2 aromatic rings. The van der Waals surface area contributed by atoms with E-state index in [1.165, 1.54) is 13.3 Å². The summed E-state index contributed by atoms with van der Waals surface area (Å²) < 4.78 is 56.2. The minimum atomic E-state index is -4.63. The Balaban J connectivity index is 1.75. The van der Waals surface area contributed by atoms with E-state index in [4.69, 9.17) is 4.74 Å². The number of aromatic nitrogens is 3. The molecule has 2 N–H and O–H groups in total. The van der Waals surface area contributed by atoms with Crippen LogP contribution in [0, 0.1) is 0 Å². The number of amides is 1. The van der Waals surface area contributed by atoms with Crippen LogP contribution >= 0.6 is 0 Å². The molecule has 28 heavy (non-hydrogen) atoms. The van der Waals surface area contributed by atoms with Gasteiger partial charge in [0.15, 0.2) is 0 Å². The van der Waals surface area contributed by atoms with Gasteiger partial charge in [-0.15, -0.1) is 0 Å². The summed E-state index contributed by atoms with van der Waals surface area (Å²) in [7, 11) is 1.43. The van der Waals surface area contributed by atoms with E-state index in [0.717, 1.165) is 12.4 Å². The fourth-order valence-corrected chi connectivity index (χ4v) is 2.77. The standard InChI is InChI=1S/C17H17F4N5O2/c1-28-14-8-23-12(10-5-25-16(26-6-10)17(19,20)21)2-9(14)4-24-15(27)13-3-11(18)7-22-13/h2,5-6,8,11,13,22H,3-4,7H2,1H3,(H,24,27)/t11-,13+/m1/s1. The lowest BCUT2D eigenvalue weighted by Gasteiger charge is -2.14. The first-order valence-corrected chi connectivity index (χ1v) is 8.35. The quantitative estimate of drug-likeness (QED) is 0.747. The molecule has 1 aliphatic rings. The number of halogens is 4. The van der Waals surface area contributed by atoms with Crippen LogP contribution in [0.25, 0.3) is 11.3 Å². The second kappa shape index (κ2) is 8.05. The Kier molecular flexibility index (Phi) is 5.73. The van der Waals surface area contributed by atoms with Crippen LogP contribution < -0.4 is 15.4 Å². The predicted octanol–water partition coefficient (Wildman–Crippen LogP) is 1.88. The van der Waals surface area contributed by atoms with Gasteiger partial charge in [0.25, 0.3) is 0 Å². The number of nitrogens with one attached hydrogen (secondary N) is 2. The molecule has 11 heteroatoms. The average Bonchev–Trinajstić information content (AvgIpc) is 3.11. The van der Waals surface area contributed by atoms with Crippen molar-refractivity contribution in [3.63, 3.8) is 0 Å². The van der Waals surface area contributed by atoms with Gasteiger partial charge in [0.1, 0.15) is 11.9 Å². The molecule has 1 fully saturated rings. The zero-order valence-electron chi connectivity index (χ0n) is 14.8. The van der Waals surface area contributed by atoms with E-state index in [1.54, 1.807) is 6.07 Å². The molecule has 0 saturated carbocycles. The van der Waals surface area contributed by atoms with Crippen LogP contribution in [0.2, 0.25) is 0 Å². The number of carbonyl (C=O) groups is 1. The molecule has 0 radical (unpaired) electrons. The van der Waals surface area contributed by atoms with Crippen molar-refractivity contribution in [2.45, 2.75) is 31.4 Å². The molecule has 3 heterocycles. The summed E-state index contributed by atoms with van der Waals surface area (Å²) >= 11 is 0. The number of hydrogen-bond donors (Lipinski definition) is 2. The molecule has 1 saturated heterocycles. The third kappa shape index (κ3) is 4.53. The monoisotopic (exact) mass is 399 g/mol. The van der Waals surface area contributed by atoms with Crippen LogP contribution in [-0.2, 0) is 17.5 Å². The van der Waals surface area contributed by atoms with E-state index >= 15 is 0 Å². The van der Waals surface area contributed by atoms with Crippen molar-refractivity contribution in [2.75, 3.05) is 13.7 Å². The molecule has 2 atom stereocenters. The Morgan fingerprint density at radius 2 is 2.00 bits per heavy atom. The maximum absolute atomic E-state index is 13.2. The minimum absolute atomic E-state index is 0.0775.